The largest absolute Gasteiger partial charge is 0.389 e. The second kappa shape index (κ2) is 4.54. The SMILES string of the molecule is Cc1cc(C)c(NCC(C)(C)O)c(Br)c1. The third-order valence-electron chi connectivity index (χ3n) is 2.13. The van der Waals surface area contributed by atoms with E-state index in [2.05, 4.69) is 47.2 Å². The van der Waals surface area contributed by atoms with Gasteiger partial charge in [0.15, 0.2) is 0 Å². The summed E-state index contributed by atoms with van der Waals surface area (Å²) in [6, 6.07) is 4.19. The van der Waals surface area contributed by atoms with Gasteiger partial charge in [-0.1, -0.05) is 6.07 Å². The fourth-order valence-corrected chi connectivity index (χ4v) is 2.26. The minimum atomic E-state index is -0.698. The lowest BCUT2D eigenvalue weighted by Crippen LogP contribution is -2.29. The molecule has 0 amide bonds. The maximum atomic E-state index is 9.64. The Balaban J connectivity index is 2.86. The van der Waals surface area contributed by atoms with Crippen molar-refractivity contribution < 1.29 is 5.11 Å². The second-order valence-electron chi connectivity index (χ2n) is 4.60. The topological polar surface area (TPSA) is 32.3 Å². The number of anilines is 1. The first kappa shape index (κ1) is 12.5. The third kappa shape index (κ3) is 3.84. The van der Waals surface area contributed by atoms with Gasteiger partial charge in [-0.25, -0.2) is 0 Å². The van der Waals surface area contributed by atoms with Crippen LogP contribution in [0.3, 0.4) is 0 Å². The van der Waals surface area contributed by atoms with Crippen molar-refractivity contribution in [3.05, 3.63) is 27.7 Å². The monoisotopic (exact) mass is 271 g/mol. The zero-order valence-electron chi connectivity index (χ0n) is 9.69. The van der Waals surface area contributed by atoms with E-state index in [1.165, 1.54) is 11.1 Å². The summed E-state index contributed by atoms with van der Waals surface area (Å²) in [5, 5.41) is 12.9. The smallest absolute Gasteiger partial charge is 0.0763 e. The molecule has 2 N–H and O–H groups in total. The quantitative estimate of drug-likeness (QED) is 0.885. The molecule has 0 radical (unpaired) electrons. The predicted molar refractivity (Wildman–Crippen MR) is 68.4 cm³/mol. The van der Waals surface area contributed by atoms with Crippen LogP contribution in [0.5, 0.6) is 0 Å². The summed E-state index contributed by atoms with van der Waals surface area (Å²) >= 11 is 3.52. The van der Waals surface area contributed by atoms with E-state index in [0.29, 0.717) is 6.54 Å². The Morgan fingerprint density at radius 2 is 1.93 bits per heavy atom. The average molecular weight is 272 g/mol. The summed E-state index contributed by atoms with van der Waals surface area (Å²) in [7, 11) is 0. The molecule has 1 aromatic rings. The minimum Gasteiger partial charge on any atom is -0.389 e. The van der Waals surface area contributed by atoms with Crippen LogP contribution in [-0.4, -0.2) is 17.3 Å². The van der Waals surface area contributed by atoms with Gasteiger partial charge in [-0.2, -0.15) is 0 Å². The fraction of sp³-hybridized carbons (Fsp3) is 0.500. The summed E-state index contributed by atoms with van der Waals surface area (Å²) in [4.78, 5) is 0. The zero-order chi connectivity index (χ0) is 11.6. The van der Waals surface area contributed by atoms with Crippen molar-refractivity contribution >= 4 is 21.6 Å². The van der Waals surface area contributed by atoms with Crippen molar-refractivity contribution in [2.24, 2.45) is 0 Å². The van der Waals surface area contributed by atoms with Crippen molar-refractivity contribution in [1.29, 1.82) is 0 Å². The Morgan fingerprint density at radius 3 is 2.40 bits per heavy atom. The predicted octanol–water partition coefficient (Wildman–Crippen LogP) is 3.25. The summed E-state index contributed by atoms with van der Waals surface area (Å²) < 4.78 is 1.05. The molecule has 1 rings (SSSR count). The highest BCUT2D eigenvalue weighted by molar-refractivity contribution is 9.10. The van der Waals surface area contributed by atoms with Crippen LogP contribution in [0.2, 0.25) is 0 Å². The molecule has 0 fully saturated rings. The van der Waals surface area contributed by atoms with Crippen LogP contribution in [0.25, 0.3) is 0 Å². The average Bonchev–Trinajstić information content (AvgIpc) is 1.99. The Bertz CT molecular complexity index is 332. The number of benzene rings is 1. The van der Waals surface area contributed by atoms with Gasteiger partial charge in [0, 0.05) is 11.0 Å². The van der Waals surface area contributed by atoms with Crippen LogP contribution in [0, 0.1) is 13.8 Å². The maximum Gasteiger partial charge on any atom is 0.0763 e. The molecular weight excluding hydrogens is 254 g/mol. The van der Waals surface area contributed by atoms with Crippen LogP contribution in [0.1, 0.15) is 25.0 Å². The zero-order valence-corrected chi connectivity index (χ0v) is 11.3. The first-order chi connectivity index (χ1) is 6.79. The van der Waals surface area contributed by atoms with E-state index in [9.17, 15) is 5.11 Å². The van der Waals surface area contributed by atoms with Crippen molar-refractivity contribution in [3.8, 4) is 0 Å². The summed E-state index contributed by atoms with van der Waals surface area (Å²) in [5.41, 5.74) is 2.78. The van der Waals surface area contributed by atoms with Gasteiger partial charge in [0.25, 0.3) is 0 Å². The first-order valence-electron chi connectivity index (χ1n) is 5.02. The lowest BCUT2D eigenvalue weighted by Gasteiger charge is -2.20. The van der Waals surface area contributed by atoms with Gasteiger partial charge in [0.05, 0.1) is 11.3 Å². The first-order valence-corrected chi connectivity index (χ1v) is 5.82. The summed E-state index contributed by atoms with van der Waals surface area (Å²) in [6.45, 7) is 8.24. The van der Waals surface area contributed by atoms with Gasteiger partial charge >= 0.3 is 0 Å². The van der Waals surface area contributed by atoms with Gasteiger partial charge in [0.2, 0.25) is 0 Å². The molecule has 0 spiro atoms. The number of hydrogen-bond donors (Lipinski definition) is 2. The number of nitrogens with one attached hydrogen (secondary N) is 1. The van der Waals surface area contributed by atoms with Gasteiger partial charge in [-0.3, -0.25) is 0 Å². The van der Waals surface area contributed by atoms with Crippen LogP contribution in [0.15, 0.2) is 16.6 Å². The van der Waals surface area contributed by atoms with E-state index in [1.54, 1.807) is 13.8 Å². The van der Waals surface area contributed by atoms with Gasteiger partial charge in [-0.05, 0) is 60.8 Å². The van der Waals surface area contributed by atoms with Crippen molar-refractivity contribution in [2.75, 3.05) is 11.9 Å². The number of aliphatic hydroxyl groups is 1. The van der Waals surface area contributed by atoms with Gasteiger partial charge in [0.1, 0.15) is 0 Å². The van der Waals surface area contributed by atoms with Crippen LogP contribution >= 0.6 is 15.9 Å². The summed E-state index contributed by atoms with van der Waals surface area (Å²) in [5.74, 6) is 0. The molecule has 0 aliphatic rings. The normalized spacial score (nSPS) is 11.6. The van der Waals surface area contributed by atoms with E-state index in [0.717, 1.165) is 10.2 Å². The third-order valence-corrected chi connectivity index (χ3v) is 2.75. The molecule has 0 unspecified atom stereocenters. The molecule has 15 heavy (non-hydrogen) atoms. The molecule has 84 valence electrons. The number of rotatable bonds is 3. The van der Waals surface area contributed by atoms with Crippen LogP contribution in [0.4, 0.5) is 5.69 Å². The van der Waals surface area contributed by atoms with E-state index in [4.69, 9.17) is 0 Å². The van der Waals surface area contributed by atoms with Crippen molar-refractivity contribution in [3.63, 3.8) is 0 Å². The maximum absolute atomic E-state index is 9.64. The van der Waals surface area contributed by atoms with Gasteiger partial charge in [-0.15, -0.1) is 0 Å². The Labute approximate surface area is 99.8 Å². The molecular formula is C12H18BrNO. The Hall–Kier alpha value is -0.540. The highest BCUT2D eigenvalue weighted by Crippen LogP contribution is 2.28. The number of hydrogen-bond acceptors (Lipinski definition) is 2. The van der Waals surface area contributed by atoms with Crippen LogP contribution < -0.4 is 5.32 Å². The fourth-order valence-electron chi connectivity index (χ4n) is 1.44. The molecule has 0 saturated carbocycles. The van der Waals surface area contributed by atoms with Gasteiger partial charge < -0.3 is 10.4 Å². The molecule has 3 heteroatoms. The molecule has 0 aliphatic heterocycles. The highest BCUT2D eigenvalue weighted by Gasteiger charge is 2.13. The second-order valence-corrected chi connectivity index (χ2v) is 5.46. The number of aryl methyl sites for hydroxylation is 2. The van der Waals surface area contributed by atoms with E-state index >= 15 is 0 Å². The van der Waals surface area contributed by atoms with Crippen molar-refractivity contribution in [1.82, 2.24) is 0 Å². The lowest BCUT2D eigenvalue weighted by molar-refractivity contribution is 0.0945. The van der Waals surface area contributed by atoms with E-state index in [1.807, 2.05) is 0 Å². The molecule has 0 saturated heterocycles. The van der Waals surface area contributed by atoms with Crippen LogP contribution in [-0.2, 0) is 0 Å². The molecule has 1 aromatic carbocycles. The van der Waals surface area contributed by atoms with E-state index in [-0.39, 0.29) is 0 Å². The molecule has 0 atom stereocenters. The highest BCUT2D eigenvalue weighted by atomic mass is 79.9. The standard InChI is InChI=1S/C12H18BrNO/c1-8-5-9(2)11(10(13)6-8)14-7-12(3,4)15/h5-6,14-15H,7H2,1-4H3. The Morgan fingerprint density at radius 1 is 1.33 bits per heavy atom. The molecule has 0 aliphatic carbocycles. The van der Waals surface area contributed by atoms with E-state index < -0.39 is 5.60 Å². The molecule has 0 bridgehead atoms. The lowest BCUT2D eigenvalue weighted by atomic mass is 10.1. The van der Waals surface area contributed by atoms with Crippen molar-refractivity contribution in [2.45, 2.75) is 33.3 Å². The Kier molecular flexibility index (Phi) is 3.79. The minimum absolute atomic E-state index is 0.537. The molecule has 0 aromatic heterocycles. The number of halogens is 1. The molecule has 0 heterocycles. The summed E-state index contributed by atoms with van der Waals surface area (Å²) in [6.07, 6.45) is 0. The molecule has 2 nitrogen and oxygen atoms in total.